The van der Waals surface area contributed by atoms with E-state index >= 15 is 0 Å². The highest BCUT2D eigenvalue weighted by Gasteiger charge is 2.33. The molecule has 0 aliphatic carbocycles. The predicted octanol–water partition coefficient (Wildman–Crippen LogP) is 1.60. The van der Waals surface area contributed by atoms with E-state index in [-0.39, 0.29) is 0 Å². The Morgan fingerprint density at radius 1 is 1.06 bits per heavy atom. The molecule has 1 aromatic carbocycles. The maximum atomic E-state index is 2.55. The van der Waals surface area contributed by atoms with E-state index in [9.17, 15) is 0 Å². The zero-order valence-electron chi connectivity index (χ0n) is 11.2. The molecule has 0 amide bonds. The van der Waals surface area contributed by atoms with Gasteiger partial charge in [-0.15, -0.1) is 0 Å². The summed E-state index contributed by atoms with van der Waals surface area (Å²) in [5, 5.41) is 0. The number of nitrogens with zero attached hydrogens (tertiary/aromatic N) is 3. The van der Waals surface area contributed by atoms with Crippen LogP contribution in [0.25, 0.3) is 0 Å². The second-order valence-electron chi connectivity index (χ2n) is 5.32. The lowest BCUT2D eigenvalue weighted by atomic mass is 10.2. The van der Waals surface area contributed by atoms with Crippen molar-refractivity contribution >= 4 is 5.96 Å². The zero-order valence-corrected chi connectivity index (χ0v) is 11.2. The molecule has 0 bridgehead atoms. The second-order valence-corrected chi connectivity index (χ2v) is 5.32. The van der Waals surface area contributed by atoms with Crippen molar-refractivity contribution in [2.45, 2.75) is 19.4 Å². The lowest BCUT2D eigenvalue weighted by Gasteiger charge is -2.35. The largest absolute Gasteiger partial charge is 0.350 e. The first-order valence-corrected chi connectivity index (χ1v) is 6.96. The molecule has 1 saturated heterocycles. The van der Waals surface area contributed by atoms with Crippen LogP contribution in [-0.4, -0.2) is 53.6 Å². The van der Waals surface area contributed by atoms with Crippen molar-refractivity contribution in [3.63, 3.8) is 0 Å². The highest BCUT2D eigenvalue weighted by atomic mass is 15.4. The normalized spacial score (nSPS) is 20.1. The van der Waals surface area contributed by atoms with Gasteiger partial charge in [-0.1, -0.05) is 30.3 Å². The first-order valence-electron chi connectivity index (χ1n) is 6.96. The fourth-order valence-corrected chi connectivity index (χ4v) is 3.10. The number of guanidine groups is 1. The lowest BCUT2D eigenvalue weighted by molar-refractivity contribution is -0.560. The van der Waals surface area contributed by atoms with Gasteiger partial charge in [-0.05, 0) is 5.56 Å². The van der Waals surface area contributed by atoms with E-state index in [0.29, 0.717) is 0 Å². The van der Waals surface area contributed by atoms with E-state index in [1.165, 1.54) is 50.5 Å². The number of hydrogen-bond donors (Lipinski definition) is 0. The van der Waals surface area contributed by atoms with Crippen molar-refractivity contribution in [2.24, 2.45) is 0 Å². The van der Waals surface area contributed by atoms with E-state index in [1.807, 2.05) is 0 Å². The highest BCUT2D eigenvalue weighted by Crippen LogP contribution is 2.14. The summed E-state index contributed by atoms with van der Waals surface area (Å²) in [6.45, 7) is 5.87. The highest BCUT2D eigenvalue weighted by molar-refractivity contribution is 5.76. The van der Waals surface area contributed by atoms with Crippen LogP contribution in [-0.2, 0) is 6.54 Å². The topological polar surface area (TPSA) is 9.49 Å². The molecule has 3 heteroatoms. The molecule has 3 rings (SSSR count). The molecule has 1 aromatic rings. The zero-order chi connectivity index (χ0) is 12.4. The molecule has 0 spiro atoms. The molecule has 0 atom stereocenters. The van der Waals surface area contributed by atoms with E-state index in [4.69, 9.17) is 0 Å². The summed E-state index contributed by atoms with van der Waals surface area (Å²) < 4.78 is 2.54. The molecule has 2 aliphatic rings. The summed E-state index contributed by atoms with van der Waals surface area (Å²) in [5.41, 5.74) is 1.41. The van der Waals surface area contributed by atoms with Crippen LogP contribution in [0, 0.1) is 0 Å². The summed E-state index contributed by atoms with van der Waals surface area (Å²) in [7, 11) is 2.23. The molecule has 3 nitrogen and oxygen atoms in total. The van der Waals surface area contributed by atoms with Crippen LogP contribution in [0.5, 0.6) is 0 Å². The maximum Gasteiger partial charge on any atom is 0.350 e. The van der Waals surface area contributed by atoms with Gasteiger partial charge in [0.05, 0.1) is 39.8 Å². The van der Waals surface area contributed by atoms with Crippen LogP contribution in [0.3, 0.4) is 0 Å². The number of hydrogen-bond acceptors (Lipinski definition) is 2. The minimum Gasteiger partial charge on any atom is -0.267 e. The minimum absolute atomic E-state index is 1.04. The molecule has 0 radical (unpaired) electrons. The Labute approximate surface area is 109 Å². The molecule has 0 aromatic heterocycles. The Morgan fingerprint density at radius 2 is 1.83 bits per heavy atom. The molecule has 18 heavy (non-hydrogen) atoms. The Bertz CT molecular complexity index is 438. The summed E-state index contributed by atoms with van der Waals surface area (Å²) >= 11 is 0. The standard InChI is InChI=1S/C15H22N3/c1-16-9-5-10-17-11-6-12-18(15(16)17)13-14-7-3-2-4-8-14/h2-4,7-8H,5-6,9-13H2,1H3/q+1. The van der Waals surface area contributed by atoms with Gasteiger partial charge in [0.1, 0.15) is 0 Å². The summed E-state index contributed by atoms with van der Waals surface area (Å²) in [4.78, 5) is 4.97. The van der Waals surface area contributed by atoms with Gasteiger partial charge >= 0.3 is 5.96 Å². The van der Waals surface area contributed by atoms with Gasteiger partial charge in [0.25, 0.3) is 0 Å². The van der Waals surface area contributed by atoms with Crippen molar-refractivity contribution in [2.75, 3.05) is 33.2 Å². The average Bonchev–Trinajstić information content (AvgIpc) is 2.40. The quantitative estimate of drug-likeness (QED) is 0.731. The molecule has 0 N–H and O–H groups in total. The third-order valence-corrected chi connectivity index (χ3v) is 3.90. The van der Waals surface area contributed by atoms with E-state index in [1.54, 1.807) is 0 Å². The van der Waals surface area contributed by atoms with Crippen molar-refractivity contribution in [3.05, 3.63) is 35.9 Å². The fourth-order valence-electron chi connectivity index (χ4n) is 3.10. The predicted molar refractivity (Wildman–Crippen MR) is 73.7 cm³/mol. The van der Waals surface area contributed by atoms with Crippen LogP contribution >= 0.6 is 0 Å². The molecule has 2 heterocycles. The van der Waals surface area contributed by atoms with Crippen LogP contribution < -0.4 is 0 Å². The summed E-state index contributed by atoms with van der Waals surface area (Å²) in [5.74, 6) is 1.44. The smallest absolute Gasteiger partial charge is 0.267 e. The van der Waals surface area contributed by atoms with Gasteiger partial charge in [0.2, 0.25) is 0 Å². The fraction of sp³-hybridized carbons (Fsp3) is 0.533. The van der Waals surface area contributed by atoms with Crippen molar-refractivity contribution in [1.29, 1.82) is 0 Å². The van der Waals surface area contributed by atoms with Crippen molar-refractivity contribution < 1.29 is 4.58 Å². The van der Waals surface area contributed by atoms with Crippen LogP contribution in [0.1, 0.15) is 18.4 Å². The minimum atomic E-state index is 1.04. The Balaban J connectivity index is 1.88. The maximum absolute atomic E-state index is 2.55. The van der Waals surface area contributed by atoms with Crippen molar-refractivity contribution in [1.82, 2.24) is 9.80 Å². The number of fused-ring (bicyclic) bond motifs is 1. The third kappa shape index (κ3) is 2.22. The molecular weight excluding hydrogens is 222 g/mol. The lowest BCUT2D eigenvalue weighted by Crippen LogP contribution is -2.56. The van der Waals surface area contributed by atoms with E-state index in [2.05, 4.69) is 51.8 Å². The van der Waals surface area contributed by atoms with Crippen LogP contribution in [0.15, 0.2) is 30.3 Å². The number of benzene rings is 1. The van der Waals surface area contributed by atoms with Crippen LogP contribution in [0.2, 0.25) is 0 Å². The average molecular weight is 244 g/mol. The van der Waals surface area contributed by atoms with E-state index in [0.717, 1.165) is 6.54 Å². The Morgan fingerprint density at radius 3 is 2.67 bits per heavy atom. The molecule has 96 valence electrons. The van der Waals surface area contributed by atoms with Gasteiger partial charge in [0.15, 0.2) is 0 Å². The molecular formula is C15H22N3+. The monoisotopic (exact) mass is 244 g/mol. The van der Waals surface area contributed by atoms with Gasteiger partial charge in [-0.25, -0.2) is 0 Å². The Hall–Kier alpha value is -1.51. The summed E-state index contributed by atoms with van der Waals surface area (Å²) in [6, 6.07) is 10.8. The SMILES string of the molecule is CN1CCCN2CCC[N+](Cc3ccccc3)=C12. The van der Waals surface area contributed by atoms with Gasteiger partial charge in [-0.2, -0.15) is 0 Å². The van der Waals surface area contributed by atoms with Crippen molar-refractivity contribution in [3.8, 4) is 0 Å². The third-order valence-electron chi connectivity index (χ3n) is 3.90. The van der Waals surface area contributed by atoms with Gasteiger partial charge in [-0.3, -0.25) is 14.4 Å². The summed E-state index contributed by atoms with van der Waals surface area (Å²) in [6.07, 6.45) is 2.57. The Kier molecular flexibility index (Phi) is 3.22. The molecule has 1 fully saturated rings. The number of rotatable bonds is 2. The first-order chi connectivity index (χ1) is 8.84. The molecule has 0 saturated carbocycles. The van der Waals surface area contributed by atoms with Gasteiger partial charge in [0, 0.05) is 12.8 Å². The first kappa shape index (κ1) is 11.6. The van der Waals surface area contributed by atoms with Gasteiger partial charge < -0.3 is 0 Å². The molecule has 2 aliphatic heterocycles. The molecule has 0 unspecified atom stereocenters. The second kappa shape index (κ2) is 5.01. The van der Waals surface area contributed by atoms with E-state index < -0.39 is 0 Å². The van der Waals surface area contributed by atoms with Crippen LogP contribution in [0.4, 0.5) is 0 Å².